The largest absolute Gasteiger partial charge is 0.465 e. The van der Waals surface area contributed by atoms with Crippen LogP contribution in [-0.4, -0.2) is 45.8 Å². The molecule has 1 heterocycles. The van der Waals surface area contributed by atoms with E-state index in [1.165, 1.54) is 9.91 Å². The molecule has 6 nitrogen and oxygen atoms in total. The molecule has 23 heavy (non-hydrogen) atoms. The van der Waals surface area contributed by atoms with Crippen LogP contribution in [0.25, 0.3) is 0 Å². The van der Waals surface area contributed by atoms with Crippen LogP contribution in [-0.2, 0) is 11.3 Å². The van der Waals surface area contributed by atoms with E-state index in [0.29, 0.717) is 18.8 Å². The zero-order valence-corrected chi connectivity index (χ0v) is 13.8. The van der Waals surface area contributed by atoms with E-state index in [1.54, 1.807) is 0 Å². The number of nitrogens with zero attached hydrogens (tertiary/aromatic N) is 3. The molecule has 0 unspecified atom stereocenters. The van der Waals surface area contributed by atoms with E-state index < -0.39 is 6.09 Å². The van der Waals surface area contributed by atoms with Gasteiger partial charge in [-0.2, -0.15) is 5.10 Å². The Morgan fingerprint density at radius 1 is 1.30 bits per heavy atom. The van der Waals surface area contributed by atoms with Crippen LogP contribution in [0.2, 0.25) is 0 Å². The van der Waals surface area contributed by atoms with Crippen molar-refractivity contribution in [3.8, 4) is 0 Å². The molecule has 0 saturated carbocycles. The Morgan fingerprint density at radius 2 is 1.96 bits per heavy atom. The maximum Gasteiger partial charge on any atom is 0.407 e. The normalized spacial score (nSPS) is 14.8. The van der Waals surface area contributed by atoms with Gasteiger partial charge < -0.3 is 10.0 Å². The maximum absolute atomic E-state index is 12.1. The van der Waals surface area contributed by atoms with Gasteiger partial charge in [0.05, 0.1) is 25.2 Å². The van der Waals surface area contributed by atoms with Gasteiger partial charge in [-0.25, -0.2) is 9.80 Å². The van der Waals surface area contributed by atoms with Gasteiger partial charge in [-0.05, 0) is 11.0 Å². The first kappa shape index (κ1) is 17.0. The maximum atomic E-state index is 12.1. The first-order chi connectivity index (χ1) is 10.7. The van der Waals surface area contributed by atoms with Crippen molar-refractivity contribution in [2.24, 2.45) is 10.5 Å². The molecule has 1 aliphatic rings. The number of benzene rings is 1. The van der Waals surface area contributed by atoms with E-state index in [2.05, 4.69) is 5.10 Å². The second-order valence-corrected chi connectivity index (χ2v) is 6.98. The van der Waals surface area contributed by atoms with Crippen LogP contribution in [0.1, 0.15) is 32.8 Å². The lowest BCUT2D eigenvalue weighted by Crippen LogP contribution is -2.40. The van der Waals surface area contributed by atoms with E-state index >= 15 is 0 Å². The third-order valence-corrected chi connectivity index (χ3v) is 3.39. The summed E-state index contributed by atoms with van der Waals surface area (Å²) in [6.45, 7) is 6.91. The highest BCUT2D eigenvalue weighted by atomic mass is 16.4. The van der Waals surface area contributed by atoms with Gasteiger partial charge >= 0.3 is 6.09 Å². The van der Waals surface area contributed by atoms with Gasteiger partial charge in [-0.15, -0.1) is 0 Å². The third kappa shape index (κ3) is 5.09. The average molecular weight is 317 g/mol. The van der Waals surface area contributed by atoms with Crippen molar-refractivity contribution in [2.45, 2.75) is 33.7 Å². The molecule has 1 aromatic rings. The fourth-order valence-electron chi connectivity index (χ4n) is 2.48. The van der Waals surface area contributed by atoms with E-state index in [0.717, 1.165) is 5.56 Å². The molecule has 6 heteroatoms. The molecule has 0 radical (unpaired) electrons. The topological polar surface area (TPSA) is 73.2 Å². The summed E-state index contributed by atoms with van der Waals surface area (Å²) < 4.78 is 0. The Labute approximate surface area is 136 Å². The van der Waals surface area contributed by atoms with Crippen molar-refractivity contribution < 1.29 is 14.7 Å². The monoisotopic (exact) mass is 317 g/mol. The molecule has 0 bridgehead atoms. The van der Waals surface area contributed by atoms with Crippen LogP contribution in [0.3, 0.4) is 0 Å². The number of hydrogen-bond donors (Lipinski definition) is 1. The Balaban J connectivity index is 2.03. The summed E-state index contributed by atoms with van der Waals surface area (Å²) in [7, 11) is 0. The van der Waals surface area contributed by atoms with Crippen molar-refractivity contribution in [1.29, 1.82) is 0 Å². The van der Waals surface area contributed by atoms with Crippen LogP contribution in [0.5, 0.6) is 0 Å². The van der Waals surface area contributed by atoms with Crippen molar-refractivity contribution in [3.05, 3.63) is 35.9 Å². The molecular weight excluding hydrogens is 294 g/mol. The lowest BCUT2D eigenvalue weighted by Gasteiger charge is -2.27. The van der Waals surface area contributed by atoms with Crippen molar-refractivity contribution in [2.75, 3.05) is 13.1 Å². The van der Waals surface area contributed by atoms with Crippen LogP contribution >= 0.6 is 0 Å². The molecular formula is C17H23N3O3. The van der Waals surface area contributed by atoms with Crippen molar-refractivity contribution >= 4 is 17.7 Å². The molecule has 0 spiro atoms. The van der Waals surface area contributed by atoms with Crippen LogP contribution in [0.4, 0.5) is 4.79 Å². The molecule has 2 amide bonds. The number of carbonyl (C=O) groups excluding carboxylic acids is 1. The van der Waals surface area contributed by atoms with E-state index in [4.69, 9.17) is 0 Å². The van der Waals surface area contributed by atoms with Gasteiger partial charge in [0, 0.05) is 6.54 Å². The minimum absolute atomic E-state index is 0.0926. The van der Waals surface area contributed by atoms with Gasteiger partial charge in [0.2, 0.25) is 5.91 Å². The van der Waals surface area contributed by atoms with Crippen LogP contribution in [0.15, 0.2) is 35.4 Å². The highest BCUT2D eigenvalue weighted by Gasteiger charge is 2.28. The molecule has 2 rings (SSSR count). The zero-order chi connectivity index (χ0) is 17.0. The Bertz CT molecular complexity index is 605. The summed E-state index contributed by atoms with van der Waals surface area (Å²) in [6, 6.07) is 9.61. The summed E-state index contributed by atoms with van der Waals surface area (Å²) in [6.07, 6.45) is -0.808. The molecule has 0 aliphatic carbocycles. The number of hydrogen-bond acceptors (Lipinski definition) is 3. The van der Waals surface area contributed by atoms with Gasteiger partial charge in [-0.1, -0.05) is 51.1 Å². The standard InChI is InChI=1S/C17H23N3O3/c1-17(2,3)12-19(16(22)23)11-14-9-15(21)20(18-14)10-13-7-5-4-6-8-13/h4-8H,9-12H2,1-3H3,(H,22,23). The second kappa shape index (κ2) is 6.81. The predicted octanol–water partition coefficient (Wildman–Crippen LogP) is 2.80. The number of carbonyl (C=O) groups is 2. The molecule has 0 atom stereocenters. The zero-order valence-electron chi connectivity index (χ0n) is 13.8. The minimum atomic E-state index is -0.989. The highest BCUT2D eigenvalue weighted by Crippen LogP contribution is 2.18. The molecule has 0 aromatic heterocycles. The first-order valence-electron chi connectivity index (χ1n) is 7.63. The number of amides is 2. The molecule has 1 aliphatic heterocycles. The third-order valence-electron chi connectivity index (χ3n) is 3.39. The second-order valence-electron chi connectivity index (χ2n) is 6.98. The van der Waals surface area contributed by atoms with E-state index in [1.807, 2.05) is 51.1 Å². The van der Waals surface area contributed by atoms with Crippen molar-refractivity contribution in [3.63, 3.8) is 0 Å². The molecule has 124 valence electrons. The molecule has 0 fully saturated rings. The fraction of sp³-hybridized carbons (Fsp3) is 0.471. The fourth-order valence-corrected chi connectivity index (χ4v) is 2.48. The predicted molar refractivity (Wildman–Crippen MR) is 88.1 cm³/mol. The van der Waals surface area contributed by atoms with Gasteiger partial charge in [0.15, 0.2) is 0 Å². The highest BCUT2D eigenvalue weighted by molar-refractivity contribution is 6.06. The van der Waals surface area contributed by atoms with Gasteiger partial charge in [-0.3, -0.25) is 4.79 Å². The summed E-state index contributed by atoms with van der Waals surface area (Å²) in [4.78, 5) is 24.8. The summed E-state index contributed by atoms with van der Waals surface area (Å²) in [5.74, 6) is -0.0926. The number of rotatable bonds is 5. The quantitative estimate of drug-likeness (QED) is 0.907. The smallest absolute Gasteiger partial charge is 0.407 e. The van der Waals surface area contributed by atoms with Crippen LogP contribution < -0.4 is 0 Å². The van der Waals surface area contributed by atoms with Crippen molar-refractivity contribution in [1.82, 2.24) is 9.91 Å². The average Bonchev–Trinajstić information content (AvgIpc) is 2.78. The summed E-state index contributed by atoms with van der Waals surface area (Å²) in [5.41, 5.74) is 1.44. The lowest BCUT2D eigenvalue weighted by molar-refractivity contribution is -0.129. The lowest BCUT2D eigenvalue weighted by atomic mass is 9.96. The summed E-state index contributed by atoms with van der Waals surface area (Å²) >= 11 is 0. The van der Waals surface area contributed by atoms with Gasteiger partial charge in [0.25, 0.3) is 0 Å². The number of carboxylic acid groups (broad SMARTS) is 1. The Kier molecular flexibility index (Phi) is 5.03. The van der Waals surface area contributed by atoms with Crippen LogP contribution in [0, 0.1) is 5.41 Å². The summed E-state index contributed by atoms with van der Waals surface area (Å²) in [5, 5.41) is 15.1. The van der Waals surface area contributed by atoms with E-state index in [-0.39, 0.29) is 24.3 Å². The molecule has 0 saturated heterocycles. The minimum Gasteiger partial charge on any atom is -0.465 e. The molecule has 1 aromatic carbocycles. The Morgan fingerprint density at radius 3 is 2.52 bits per heavy atom. The Hall–Kier alpha value is -2.37. The SMILES string of the molecule is CC(C)(C)CN(CC1=NN(Cc2ccccc2)C(=O)C1)C(=O)O. The first-order valence-corrected chi connectivity index (χ1v) is 7.63. The van der Waals surface area contributed by atoms with Gasteiger partial charge in [0.1, 0.15) is 0 Å². The molecule has 1 N–H and O–H groups in total. The number of hydrazone groups is 1. The van der Waals surface area contributed by atoms with E-state index in [9.17, 15) is 14.7 Å².